The fourth-order valence-electron chi connectivity index (χ4n) is 4.51. The topological polar surface area (TPSA) is 120 Å². The number of hydrogen-bond donors (Lipinski definition) is 3. The van der Waals surface area contributed by atoms with Gasteiger partial charge in [0, 0.05) is 36.4 Å². The Kier molecular flexibility index (Phi) is 9.00. The molecule has 0 unspecified atom stereocenters. The molecule has 1 aromatic heterocycles. The number of ether oxygens (including phenoxy) is 2. The van der Waals surface area contributed by atoms with Gasteiger partial charge in [-0.1, -0.05) is 6.92 Å². The van der Waals surface area contributed by atoms with Crippen LogP contribution in [-0.2, 0) is 0 Å². The summed E-state index contributed by atoms with van der Waals surface area (Å²) in [6, 6.07) is 10.7. The fourth-order valence-corrected chi connectivity index (χ4v) is 4.51. The number of nitrogens with zero attached hydrogens (tertiary/aromatic N) is 3. The molecule has 9 heteroatoms. The highest BCUT2D eigenvalue weighted by molar-refractivity contribution is 5.91. The number of anilines is 1. The van der Waals surface area contributed by atoms with Crippen molar-refractivity contribution in [3.8, 4) is 23.3 Å². The minimum atomic E-state index is -0.639. The van der Waals surface area contributed by atoms with Crippen LogP contribution in [0.5, 0.6) is 17.2 Å². The van der Waals surface area contributed by atoms with E-state index >= 15 is 0 Å². The number of pyridine rings is 1. The fraction of sp³-hybridized carbons (Fsp3) is 0.414. The van der Waals surface area contributed by atoms with Crippen LogP contribution in [0.4, 0.5) is 10.5 Å². The number of nitriles is 1. The SMILES string of the molecule is CCCNC(=O)Nc1ccc(Oc2ccnc3cc(OC[C@H](O)CN4CCCC4)c(C#N)cc23)c(C)c1C. The monoisotopic (exact) mass is 517 g/mol. The van der Waals surface area contributed by atoms with Gasteiger partial charge in [0.1, 0.15) is 36.0 Å². The highest BCUT2D eigenvalue weighted by Crippen LogP contribution is 2.36. The summed E-state index contributed by atoms with van der Waals surface area (Å²) in [6.07, 6.45) is 4.18. The van der Waals surface area contributed by atoms with Crippen LogP contribution in [0.15, 0.2) is 36.5 Å². The molecule has 0 saturated carbocycles. The number of aliphatic hydroxyl groups is 1. The second-order valence-electron chi connectivity index (χ2n) is 9.60. The Hall–Kier alpha value is -3.87. The Balaban J connectivity index is 1.52. The molecule has 0 radical (unpaired) electrons. The number of benzene rings is 2. The van der Waals surface area contributed by atoms with Gasteiger partial charge in [0.25, 0.3) is 0 Å². The van der Waals surface area contributed by atoms with Gasteiger partial charge >= 0.3 is 6.03 Å². The molecule has 1 fully saturated rings. The van der Waals surface area contributed by atoms with E-state index in [1.807, 2.05) is 32.9 Å². The molecule has 1 aliphatic heterocycles. The second-order valence-corrected chi connectivity index (χ2v) is 9.60. The minimum Gasteiger partial charge on any atom is -0.489 e. The van der Waals surface area contributed by atoms with E-state index in [9.17, 15) is 15.2 Å². The van der Waals surface area contributed by atoms with E-state index < -0.39 is 6.10 Å². The van der Waals surface area contributed by atoms with E-state index in [0.29, 0.717) is 52.5 Å². The van der Waals surface area contributed by atoms with Crippen molar-refractivity contribution in [1.82, 2.24) is 15.2 Å². The summed E-state index contributed by atoms with van der Waals surface area (Å²) in [6.45, 7) is 9.12. The van der Waals surface area contributed by atoms with Gasteiger partial charge in [0.2, 0.25) is 0 Å². The summed E-state index contributed by atoms with van der Waals surface area (Å²) in [5.41, 5.74) is 3.45. The number of carbonyl (C=O) groups is 1. The molecule has 0 spiro atoms. The number of fused-ring (bicyclic) bond motifs is 1. The van der Waals surface area contributed by atoms with Gasteiger partial charge in [-0.25, -0.2) is 4.79 Å². The maximum Gasteiger partial charge on any atom is 0.319 e. The van der Waals surface area contributed by atoms with Crippen LogP contribution >= 0.6 is 0 Å². The molecule has 2 amide bonds. The van der Waals surface area contributed by atoms with Crippen LogP contribution in [0.25, 0.3) is 10.9 Å². The Morgan fingerprint density at radius 1 is 1.16 bits per heavy atom. The van der Waals surface area contributed by atoms with E-state index in [4.69, 9.17) is 9.47 Å². The first-order chi connectivity index (χ1) is 18.4. The quantitative estimate of drug-likeness (QED) is 0.350. The summed E-state index contributed by atoms with van der Waals surface area (Å²) in [4.78, 5) is 18.8. The summed E-state index contributed by atoms with van der Waals surface area (Å²) in [5.74, 6) is 1.57. The molecule has 0 aliphatic carbocycles. The van der Waals surface area contributed by atoms with Gasteiger partial charge < -0.3 is 30.1 Å². The van der Waals surface area contributed by atoms with Crippen molar-refractivity contribution in [2.45, 2.75) is 46.1 Å². The summed E-state index contributed by atoms with van der Waals surface area (Å²) in [5, 5.41) is 26.5. The van der Waals surface area contributed by atoms with E-state index in [-0.39, 0.29) is 12.6 Å². The largest absolute Gasteiger partial charge is 0.489 e. The van der Waals surface area contributed by atoms with Gasteiger partial charge in [-0.2, -0.15) is 5.26 Å². The molecule has 200 valence electrons. The van der Waals surface area contributed by atoms with Gasteiger partial charge in [-0.15, -0.1) is 0 Å². The maximum absolute atomic E-state index is 12.1. The lowest BCUT2D eigenvalue weighted by molar-refractivity contribution is 0.0758. The molecule has 3 aromatic rings. The summed E-state index contributed by atoms with van der Waals surface area (Å²) >= 11 is 0. The third-order valence-corrected chi connectivity index (χ3v) is 6.76. The summed E-state index contributed by atoms with van der Waals surface area (Å²) < 4.78 is 12.1. The minimum absolute atomic E-state index is 0.0994. The first-order valence-electron chi connectivity index (χ1n) is 13.1. The van der Waals surface area contributed by atoms with Crippen LogP contribution < -0.4 is 20.1 Å². The molecule has 2 aromatic carbocycles. The van der Waals surface area contributed by atoms with Crippen molar-refractivity contribution >= 4 is 22.6 Å². The van der Waals surface area contributed by atoms with Crippen LogP contribution in [0, 0.1) is 25.2 Å². The zero-order valence-electron chi connectivity index (χ0n) is 22.2. The number of aliphatic hydroxyl groups excluding tert-OH is 1. The number of hydrogen-bond acceptors (Lipinski definition) is 7. The van der Waals surface area contributed by atoms with Crippen molar-refractivity contribution in [3.63, 3.8) is 0 Å². The predicted octanol–water partition coefficient (Wildman–Crippen LogP) is 4.88. The zero-order valence-corrected chi connectivity index (χ0v) is 22.2. The Morgan fingerprint density at radius 3 is 2.68 bits per heavy atom. The lowest BCUT2D eigenvalue weighted by Gasteiger charge is -2.20. The van der Waals surface area contributed by atoms with Gasteiger partial charge in [-0.05, 0) is 81.6 Å². The Labute approximate surface area is 223 Å². The number of amides is 2. The number of carbonyl (C=O) groups excluding carboxylic acids is 1. The number of β-amino-alcohol motifs (C(OH)–C–C–N with tert-alkyl or cyclic N) is 1. The van der Waals surface area contributed by atoms with Crippen molar-refractivity contribution in [2.75, 3.05) is 38.1 Å². The molecule has 0 bridgehead atoms. The third kappa shape index (κ3) is 6.52. The van der Waals surface area contributed by atoms with Crippen LogP contribution in [0.1, 0.15) is 42.9 Å². The van der Waals surface area contributed by atoms with Crippen LogP contribution in [0.2, 0.25) is 0 Å². The first-order valence-corrected chi connectivity index (χ1v) is 13.1. The van der Waals surface area contributed by atoms with Crippen molar-refractivity contribution < 1.29 is 19.4 Å². The molecule has 4 rings (SSSR count). The highest BCUT2D eigenvalue weighted by Gasteiger charge is 2.18. The number of likely N-dealkylation sites (tertiary alicyclic amines) is 1. The van der Waals surface area contributed by atoms with E-state index in [1.54, 1.807) is 24.4 Å². The standard InChI is InChI=1S/C29H35N5O4/c1-4-10-32-29(36)33-24-7-8-26(20(3)19(24)2)38-27-9-11-31-25-15-28(21(16-30)14-23(25)27)37-18-22(35)17-34-12-5-6-13-34/h7-9,11,14-15,22,35H,4-6,10,12-13,17-18H2,1-3H3,(H2,32,33,36)/t22-/m1/s1. The summed E-state index contributed by atoms with van der Waals surface area (Å²) in [7, 11) is 0. The second kappa shape index (κ2) is 12.6. The third-order valence-electron chi connectivity index (χ3n) is 6.76. The molecule has 9 nitrogen and oxygen atoms in total. The normalized spacial score (nSPS) is 14.2. The molecular formula is C29H35N5O4. The number of nitrogens with one attached hydrogen (secondary N) is 2. The Bertz CT molecular complexity index is 1330. The molecule has 38 heavy (non-hydrogen) atoms. The van der Waals surface area contributed by atoms with Gasteiger partial charge in [0.05, 0.1) is 11.1 Å². The number of urea groups is 1. The van der Waals surface area contributed by atoms with E-state index in [0.717, 1.165) is 43.5 Å². The lowest BCUT2D eigenvalue weighted by atomic mass is 10.1. The van der Waals surface area contributed by atoms with Crippen molar-refractivity contribution in [1.29, 1.82) is 5.26 Å². The average molecular weight is 518 g/mol. The van der Waals surface area contributed by atoms with Crippen LogP contribution in [0.3, 0.4) is 0 Å². The maximum atomic E-state index is 12.1. The molecule has 1 atom stereocenters. The molecular weight excluding hydrogens is 482 g/mol. The van der Waals surface area contributed by atoms with Crippen molar-refractivity contribution in [3.05, 3.63) is 53.2 Å². The molecule has 1 saturated heterocycles. The van der Waals surface area contributed by atoms with Gasteiger partial charge in [-0.3, -0.25) is 4.98 Å². The zero-order chi connectivity index (χ0) is 27.1. The number of aromatic nitrogens is 1. The van der Waals surface area contributed by atoms with E-state index in [1.165, 1.54) is 0 Å². The van der Waals surface area contributed by atoms with Crippen molar-refractivity contribution in [2.24, 2.45) is 0 Å². The Morgan fingerprint density at radius 2 is 1.95 bits per heavy atom. The predicted molar refractivity (Wildman–Crippen MR) is 147 cm³/mol. The molecule has 1 aliphatic rings. The lowest BCUT2D eigenvalue weighted by Crippen LogP contribution is -2.33. The van der Waals surface area contributed by atoms with Gasteiger partial charge in [0.15, 0.2) is 0 Å². The average Bonchev–Trinajstić information content (AvgIpc) is 3.43. The smallest absolute Gasteiger partial charge is 0.319 e. The first kappa shape index (κ1) is 27.2. The highest BCUT2D eigenvalue weighted by atomic mass is 16.5. The van der Waals surface area contributed by atoms with Crippen LogP contribution in [-0.4, -0.2) is 59.9 Å². The van der Waals surface area contributed by atoms with E-state index in [2.05, 4.69) is 26.6 Å². The molecule has 3 N–H and O–H groups in total. The number of rotatable bonds is 10. The molecule has 2 heterocycles.